The van der Waals surface area contributed by atoms with Gasteiger partial charge in [0, 0.05) is 16.3 Å². The summed E-state index contributed by atoms with van der Waals surface area (Å²) in [5, 5.41) is 10.3. The summed E-state index contributed by atoms with van der Waals surface area (Å²) in [5.41, 5.74) is -0.112. The highest BCUT2D eigenvalue weighted by Gasteiger charge is 2.29. The number of aromatic nitrogens is 2. The van der Waals surface area contributed by atoms with Gasteiger partial charge in [-0.15, -0.1) is 11.8 Å². The van der Waals surface area contributed by atoms with Crippen LogP contribution in [0.4, 0.5) is 0 Å². The molecule has 1 aliphatic heterocycles. The maximum absolute atomic E-state index is 11.0. The number of rotatable bonds is 2. The van der Waals surface area contributed by atoms with Crippen molar-refractivity contribution >= 4 is 41.1 Å². The molecule has 1 aliphatic rings. The lowest BCUT2D eigenvalue weighted by Gasteiger charge is -2.30. The van der Waals surface area contributed by atoms with E-state index in [1.807, 2.05) is 11.8 Å². The van der Waals surface area contributed by atoms with E-state index >= 15 is 0 Å². The lowest BCUT2D eigenvalue weighted by atomic mass is 10.3. The van der Waals surface area contributed by atoms with Gasteiger partial charge in [-0.2, -0.15) is 11.8 Å². The van der Waals surface area contributed by atoms with Crippen LogP contribution in [0.2, 0.25) is 5.02 Å². The summed E-state index contributed by atoms with van der Waals surface area (Å²) in [6.45, 7) is 4.37. The summed E-state index contributed by atoms with van der Waals surface area (Å²) in [6, 6.07) is 0. The third kappa shape index (κ3) is 2.92. The van der Waals surface area contributed by atoms with Crippen molar-refractivity contribution in [2.45, 2.75) is 29.6 Å². The van der Waals surface area contributed by atoms with Gasteiger partial charge in [-0.3, -0.25) is 0 Å². The highest BCUT2D eigenvalue weighted by molar-refractivity contribution is 8.07. The number of carboxylic acid groups (broad SMARTS) is 1. The van der Waals surface area contributed by atoms with Gasteiger partial charge in [-0.05, 0) is 0 Å². The fraction of sp³-hybridized carbons (Fsp3) is 0.545. The minimum absolute atomic E-state index is 0.0844. The maximum Gasteiger partial charge on any atom is 0.356 e. The first kappa shape index (κ1) is 14.0. The average Bonchev–Trinajstić information content (AvgIpc) is 2.33. The van der Waals surface area contributed by atoms with Crippen LogP contribution < -0.4 is 0 Å². The van der Waals surface area contributed by atoms with Gasteiger partial charge in [0.1, 0.15) is 5.82 Å². The van der Waals surface area contributed by atoms with Gasteiger partial charge >= 0.3 is 5.97 Å². The molecule has 0 amide bonds. The zero-order chi connectivity index (χ0) is 13.3. The van der Waals surface area contributed by atoms with E-state index in [1.54, 1.807) is 11.8 Å². The molecule has 0 bridgehead atoms. The number of aromatic carboxylic acids is 1. The first-order valence-electron chi connectivity index (χ1n) is 5.52. The summed E-state index contributed by atoms with van der Waals surface area (Å²) in [6.07, 6.45) is 1.38. The third-order valence-corrected chi connectivity index (χ3v) is 6.47. The molecule has 3 atom stereocenters. The Morgan fingerprint density at radius 1 is 1.50 bits per heavy atom. The average molecular weight is 305 g/mol. The number of hydrogen-bond acceptors (Lipinski definition) is 5. The maximum atomic E-state index is 11.0. The Bertz CT molecular complexity index is 472. The number of carboxylic acids is 1. The largest absolute Gasteiger partial charge is 0.476 e. The van der Waals surface area contributed by atoms with E-state index in [-0.39, 0.29) is 16.0 Å². The van der Waals surface area contributed by atoms with E-state index in [2.05, 4.69) is 23.8 Å². The minimum atomic E-state index is -1.11. The lowest BCUT2D eigenvalue weighted by Crippen LogP contribution is -2.23. The molecule has 0 radical (unpaired) electrons. The van der Waals surface area contributed by atoms with Crippen LogP contribution in [0.3, 0.4) is 0 Å². The summed E-state index contributed by atoms with van der Waals surface area (Å²) >= 11 is 9.42. The molecular weight excluding hydrogens is 292 g/mol. The number of halogens is 1. The number of carbonyl (C=O) groups is 1. The van der Waals surface area contributed by atoms with Gasteiger partial charge in [-0.1, -0.05) is 25.4 Å². The third-order valence-electron chi connectivity index (χ3n) is 2.80. The predicted octanol–water partition coefficient (Wildman–Crippen LogP) is 3.13. The molecule has 0 aromatic carbocycles. The van der Waals surface area contributed by atoms with Gasteiger partial charge < -0.3 is 5.11 Å². The number of nitrogens with zero attached hydrogens (tertiary/aromatic N) is 2. The minimum Gasteiger partial charge on any atom is -0.476 e. The van der Waals surface area contributed by atoms with Gasteiger partial charge in [0.2, 0.25) is 0 Å². The van der Waals surface area contributed by atoms with Crippen LogP contribution in [-0.4, -0.2) is 37.3 Å². The molecule has 1 fully saturated rings. The smallest absolute Gasteiger partial charge is 0.356 e. The van der Waals surface area contributed by atoms with Crippen LogP contribution in [0.5, 0.6) is 0 Å². The van der Waals surface area contributed by atoms with Crippen molar-refractivity contribution in [1.29, 1.82) is 0 Å². The second-order valence-electron chi connectivity index (χ2n) is 4.10. The molecule has 0 saturated carbocycles. The Morgan fingerprint density at radius 3 is 2.83 bits per heavy atom. The molecule has 98 valence electrons. The molecule has 3 unspecified atom stereocenters. The van der Waals surface area contributed by atoms with E-state index < -0.39 is 5.97 Å². The fourth-order valence-corrected chi connectivity index (χ4v) is 4.63. The zero-order valence-electron chi connectivity index (χ0n) is 9.96. The lowest BCUT2D eigenvalue weighted by molar-refractivity contribution is 0.0690. The summed E-state index contributed by atoms with van der Waals surface area (Å²) in [7, 11) is 0. The molecule has 1 aromatic rings. The van der Waals surface area contributed by atoms with Crippen molar-refractivity contribution in [3.63, 3.8) is 0 Å². The molecule has 18 heavy (non-hydrogen) atoms. The first-order valence-corrected chi connectivity index (χ1v) is 7.88. The molecule has 1 aromatic heterocycles. The monoisotopic (exact) mass is 304 g/mol. The second kappa shape index (κ2) is 5.67. The van der Waals surface area contributed by atoms with Crippen molar-refractivity contribution in [2.24, 2.45) is 0 Å². The second-order valence-corrected chi connectivity index (χ2v) is 7.50. The fourth-order valence-electron chi connectivity index (χ4n) is 1.60. The zero-order valence-corrected chi connectivity index (χ0v) is 12.3. The quantitative estimate of drug-likeness (QED) is 0.905. The molecule has 2 heterocycles. The van der Waals surface area contributed by atoms with E-state index in [4.69, 9.17) is 16.7 Å². The van der Waals surface area contributed by atoms with Crippen molar-refractivity contribution in [3.8, 4) is 0 Å². The molecule has 4 nitrogen and oxygen atoms in total. The molecule has 0 spiro atoms. The predicted molar refractivity (Wildman–Crippen MR) is 75.7 cm³/mol. The summed E-state index contributed by atoms with van der Waals surface area (Å²) < 4.78 is 0. The highest BCUT2D eigenvalue weighted by Crippen LogP contribution is 2.43. The first-order chi connectivity index (χ1) is 8.49. The van der Waals surface area contributed by atoms with E-state index in [9.17, 15) is 4.79 Å². The molecule has 1 N–H and O–H groups in total. The van der Waals surface area contributed by atoms with Crippen LogP contribution in [-0.2, 0) is 0 Å². The Morgan fingerprint density at radius 2 is 2.22 bits per heavy atom. The van der Waals surface area contributed by atoms with Crippen molar-refractivity contribution < 1.29 is 9.90 Å². The van der Waals surface area contributed by atoms with E-state index in [1.165, 1.54) is 6.20 Å². The number of hydrogen-bond donors (Lipinski definition) is 1. The summed E-state index contributed by atoms with van der Waals surface area (Å²) in [5.74, 6) is 0.350. The topological polar surface area (TPSA) is 63.1 Å². The standard InChI is InChI=1S/C11H13ClN2O2S2/c1-5-6(2)18-8(4-17-5)10-13-3-7(12)9(14-10)11(15)16/h3,5-6,8H,4H2,1-2H3,(H,15,16). The normalized spacial score (nSPS) is 28.1. The van der Waals surface area contributed by atoms with Crippen LogP contribution >= 0.6 is 35.1 Å². The van der Waals surface area contributed by atoms with Crippen molar-refractivity contribution in [1.82, 2.24) is 9.97 Å². The molecule has 2 rings (SSSR count). The Hall–Kier alpha value is -0.460. The summed E-state index contributed by atoms with van der Waals surface area (Å²) in [4.78, 5) is 19.2. The Labute approximate surface area is 119 Å². The SMILES string of the molecule is CC1SCC(c2ncc(Cl)c(C(=O)O)n2)SC1C. The molecule has 0 aliphatic carbocycles. The van der Waals surface area contributed by atoms with Crippen LogP contribution in [0, 0.1) is 0 Å². The van der Waals surface area contributed by atoms with Crippen LogP contribution in [0.1, 0.15) is 35.4 Å². The van der Waals surface area contributed by atoms with E-state index in [0.717, 1.165) is 5.75 Å². The highest BCUT2D eigenvalue weighted by atomic mass is 35.5. The molecule has 1 saturated heterocycles. The molecular formula is C11H13ClN2O2S2. The number of thioether (sulfide) groups is 2. The Kier molecular flexibility index (Phi) is 4.40. The Balaban J connectivity index is 2.24. The molecule has 7 heteroatoms. The van der Waals surface area contributed by atoms with E-state index in [0.29, 0.717) is 16.3 Å². The van der Waals surface area contributed by atoms with Gasteiger partial charge in [0.05, 0.1) is 16.5 Å². The van der Waals surface area contributed by atoms with Crippen molar-refractivity contribution in [3.05, 3.63) is 22.7 Å². The van der Waals surface area contributed by atoms with Crippen LogP contribution in [0.25, 0.3) is 0 Å². The van der Waals surface area contributed by atoms with Gasteiger partial charge in [0.15, 0.2) is 5.69 Å². The van der Waals surface area contributed by atoms with Crippen LogP contribution in [0.15, 0.2) is 6.20 Å². The van der Waals surface area contributed by atoms with Crippen molar-refractivity contribution in [2.75, 3.05) is 5.75 Å². The van der Waals surface area contributed by atoms with Gasteiger partial charge in [-0.25, -0.2) is 14.8 Å². The van der Waals surface area contributed by atoms with Gasteiger partial charge in [0.25, 0.3) is 0 Å².